The zero-order chi connectivity index (χ0) is 14.2. The highest BCUT2D eigenvalue weighted by molar-refractivity contribution is 6.06. The zero-order valence-electron chi connectivity index (χ0n) is 11.2. The summed E-state index contributed by atoms with van der Waals surface area (Å²) in [5.74, 6) is -0.0595. The molecule has 1 amide bonds. The highest BCUT2D eigenvalue weighted by atomic mass is 16.5. The molecule has 0 aromatic heterocycles. The standard InChI is InChI=1S/C16H15NO3/c1-12-11-16(9-7-14(12)18)17(15(19)8-10-20-16)13-5-3-2-4-6-13/h2-7,9,11H,8,10H2,1H3. The Morgan fingerprint density at radius 3 is 2.65 bits per heavy atom. The molecule has 0 N–H and O–H groups in total. The van der Waals surface area contributed by atoms with E-state index in [1.54, 1.807) is 24.0 Å². The SMILES string of the molecule is CC1=CC2(C=CC1=O)OCCC(=O)N2c1ccccc1. The maximum atomic E-state index is 12.4. The van der Waals surface area contributed by atoms with E-state index >= 15 is 0 Å². The van der Waals surface area contributed by atoms with Crippen LogP contribution in [0.25, 0.3) is 0 Å². The highest BCUT2D eigenvalue weighted by Crippen LogP contribution is 2.35. The van der Waals surface area contributed by atoms with Gasteiger partial charge in [-0.25, -0.2) is 0 Å². The van der Waals surface area contributed by atoms with E-state index in [2.05, 4.69) is 0 Å². The first-order valence-corrected chi connectivity index (χ1v) is 6.57. The second-order valence-corrected chi connectivity index (χ2v) is 4.94. The summed E-state index contributed by atoms with van der Waals surface area (Å²) in [4.78, 5) is 25.6. The fourth-order valence-corrected chi connectivity index (χ4v) is 2.58. The van der Waals surface area contributed by atoms with E-state index in [-0.39, 0.29) is 11.7 Å². The van der Waals surface area contributed by atoms with Crippen LogP contribution in [-0.2, 0) is 14.3 Å². The molecule has 2 aliphatic rings. The van der Waals surface area contributed by atoms with Gasteiger partial charge in [-0.1, -0.05) is 18.2 Å². The molecule has 0 radical (unpaired) electrons. The maximum absolute atomic E-state index is 12.4. The summed E-state index contributed by atoms with van der Waals surface area (Å²) in [5, 5.41) is 0. The number of amides is 1. The Labute approximate surface area is 117 Å². The molecule has 1 saturated heterocycles. The van der Waals surface area contributed by atoms with Gasteiger partial charge in [0.25, 0.3) is 0 Å². The van der Waals surface area contributed by atoms with Gasteiger partial charge in [-0.05, 0) is 42.9 Å². The van der Waals surface area contributed by atoms with Crippen molar-refractivity contribution in [2.45, 2.75) is 19.1 Å². The molecule has 4 heteroatoms. The molecule has 0 bridgehead atoms. The van der Waals surface area contributed by atoms with Gasteiger partial charge < -0.3 is 4.74 Å². The van der Waals surface area contributed by atoms with E-state index in [1.807, 2.05) is 30.3 Å². The predicted molar refractivity (Wildman–Crippen MR) is 75.1 cm³/mol. The Morgan fingerprint density at radius 1 is 1.20 bits per heavy atom. The Hall–Kier alpha value is -2.20. The van der Waals surface area contributed by atoms with Crippen molar-refractivity contribution in [3.63, 3.8) is 0 Å². The van der Waals surface area contributed by atoms with E-state index in [0.29, 0.717) is 18.6 Å². The van der Waals surface area contributed by atoms with Crippen LogP contribution >= 0.6 is 0 Å². The second kappa shape index (κ2) is 4.72. The van der Waals surface area contributed by atoms with Crippen LogP contribution in [0.2, 0.25) is 0 Å². The summed E-state index contributed by atoms with van der Waals surface area (Å²) in [7, 11) is 0. The van der Waals surface area contributed by atoms with Crippen LogP contribution in [0, 0.1) is 0 Å². The van der Waals surface area contributed by atoms with E-state index < -0.39 is 5.72 Å². The van der Waals surface area contributed by atoms with E-state index in [4.69, 9.17) is 4.74 Å². The van der Waals surface area contributed by atoms with E-state index in [1.165, 1.54) is 6.08 Å². The fourth-order valence-electron chi connectivity index (χ4n) is 2.58. The lowest BCUT2D eigenvalue weighted by atomic mass is 9.96. The minimum absolute atomic E-state index is 0.00880. The van der Waals surface area contributed by atoms with Gasteiger partial charge in [-0.2, -0.15) is 0 Å². The Kier molecular flexibility index (Phi) is 3.03. The smallest absolute Gasteiger partial charge is 0.232 e. The maximum Gasteiger partial charge on any atom is 0.232 e. The van der Waals surface area contributed by atoms with Crippen LogP contribution in [0.1, 0.15) is 13.3 Å². The van der Waals surface area contributed by atoms with Crippen LogP contribution in [0.15, 0.2) is 54.1 Å². The van der Waals surface area contributed by atoms with Gasteiger partial charge in [-0.3, -0.25) is 14.5 Å². The van der Waals surface area contributed by atoms with Crippen molar-refractivity contribution in [1.29, 1.82) is 0 Å². The number of anilines is 1. The Bertz CT molecular complexity index is 618. The monoisotopic (exact) mass is 269 g/mol. The number of allylic oxidation sites excluding steroid dienone is 2. The van der Waals surface area contributed by atoms with Gasteiger partial charge in [0.15, 0.2) is 11.5 Å². The number of hydrogen-bond donors (Lipinski definition) is 0. The van der Waals surface area contributed by atoms with Gasteiger partial charge >= 0.3 is 0 Å². The first kappa shape index (κ1) is 12.8. The lowest BCUT2D eigenvalue weighted by molar-refractivity contribution is -0.130. The van der Waals surface area contributed by atoms with E-state index in [9.17, 15) is 9.59 Å². The van der Waals surface area contributed by atoms with Crippen LogP contribution in [0.5, 0.6) is 0 Å². The van der Waals surface area contributed by atoms with Crippen molar-refractivity contribution in [3.8, 4) is 0 Å². The van der Waals surface area contributed by atoms with Gasteiger partial charge in [0.1, 0.15) is 0 Å². The third-order valence-electron chi connectivity index (χ3n) is 3.55. The Balaban J connectivity index is 2.11. The highest BCUT2D eigenvalue weighted by Gasteiger charge is 2.43. The largest absolute Gasteiger partial charge is 0.347 e. The predicted octanol–water partition coefficient (Wildman–Crippen LogP) is 2.22. The van der Waals surface area contributed by atoms with E-state index in [0.717, 1.165) is 5.69 Å². The minimum Gasteiger partial charge on any atom is -0.347 e. The van der Waals surface area contributed by atoms with Crippen molar-refractivity contribution in [1.82, 2.24) is 0 Å². The molecule has 20 heavy (non-hydrogen) atoms. The van der Waals surface area contributed by atoms with Crippen molar-refractivity contribution in [2.24, 2.45) is 0 Å². The lowest BCUT2D eigenvalue weighted by Gasteiger charge is -2.44. The van der Waals surface area contributed by atoms with Crippen molar-refractivity contribution in [2.75, 3.05) is 11.5 Å². The molecule has 4 nitrogen and oxygen atoms in total. The average molecular weight is 269 g/mol. The number of rotatable bonds is 1. The molecule has 3 rings (SSSR count). The number of ketones is 1. The normalized spacial score (nSPS) is 26.1. The first-order valence-electron chi connectivity index (χ1n) is 6.57. The first-order chi connectivity index (χ1) is 9.62. The molecule has 1 aromatic rings. The number of ether oxygens (including phenoxy) is 1. The molecule has 1 aliphatic heterocycles. The summed E-state index contributed by atoms with van der Waals surface area (Å²) in [6.45, 7) is 2.09. The molecule has 102 valence electrons. The summed E-state index contributed by atoms with van der Waals surface area (Å²) in [6, 6.07) is 9.37. The molecule has 1 heterocycles. The lowest BCUT2D eigenvalue weighted by Crippen LogP contribution is -2.56. The third kappa shape index (κ3) is 1.98. The number of hydrogen-bond acceptors (Lipinski definition) is 3. The summed E-state index contributed by atoms with van der Waals surface area (Å²) >= 11 is 0. The minimum atomic E-state index is -0.977. The molecule has 1 spiro atoms. The van der Waals surface area contributed by atoms with Crippen LogP contribution < -0.4 is 4.90 Å². The third-order valence-corrected chi connectivity index (χ3v) is 3.55. The fraction of sp³-hybridized carbons (Fsp3) is 0.250. The van der Waals surface area contributed by atoms with Crippen molar-refractivity contribution >= 4 is 17.4 Å². The van der Waals surface area contributed by atoms with Gasteiger partial charge in [-0.15, -0.1) is 0 Å². The topological polar surface area (TPSA) is 46.6 Å². The molecule has 1 atom stereocenters. The molecule has 1 fully saturated rings. The van der Waals surface area contributed by atoms with Gasteiger partial charge in [0.05, 0.1) is 13.0 Å². The van der Waals surface area contributed by atoms with Crippen LogP contribution in [0.3, 0.4) is 0 Å². The number of carbonyl (C=O) groups excluding carboxylic acids is 2. The summed E-state index contributed by atoms with van der Waals surface area (Å²) < 4.78 is 5.85. The molecule has 1 aromatic carbocycles. The van der Waals surface area contributed by atoms with Crippen LogP contribution in [0.4, 0.5) is 5.69 Å². The zero-order valence-corrected chi connectivity index (χ0v) is 11.2. The molecular weight excluding hydrogens is 254 g/mol. The Morgan fingerprint density at radius 2 is 1.95 bits per heavy atom. The molecule has 1 unspecified atom stereocenters. The number of nitrogens with zero attached hydrogens (tertiary/aromatic N) is 1. The van der Waals surface area contributed by atoms with Crippen LogP contribution in [-0.4, -0.2) is 24.0 Å². The van der Waals surface area contributed by atoms with Gasteiger partial charge in [0, 0.05) is 5.69 Å². The van der Waals surface area contributed by atoms with Crippen molar-refractivity contribution in [3.05, 3.63) is 54.1 Å². The van der Waals surface area contributed by atoms with Gasteiger partial charge in [0.2, 0.25) is 5.91 Å². The summed E-state index contributed by atoms with van der Waals surface area (Å²) in [5.41, 5.74) is 0.373. The number of carbonyl (C=O) groups is 2. The molecular formula is C16H15NO3. The molecule has 0 saturated carbocycles. The second-order valence-electron chi connectivity index (χ2n) is 4.94. The molecule has 1 aliphatic carbocycles. The summed E-state index contributed by atoms with van der Waals surface area (Å²) in [6.07, 6.45) is 5.20. The van der Waals surface area contributed by atoms with Crippen molar-refractivity contribution < 1.29 is 14.3 Å². The number of para-hydroxylation sites is 1. The number of benzene rings is 1. The quantitative estimate of drug-likeness (QED) is 0.785. The average Bonchev–Trinajstić information content (AvgIpc) is 2.45.